The molecule has 124 valence electrons. The number of fused-ring (bicyclic) bond motifs is 3. The van der Waals surface area contributed by atoms with Gasteiger partial charge in [-0.25, -0.2) is 13.4 Å². The van der Waals surface area contributed by atoms with Crippen LogP contribution in [0.2, 0.25) is 0 Å². The fourth-order valence-corrected chi connectivity index (χ4v) is 5.10. The van der Waals surface area contributed by atoms with Crippen LogP contribution in [0.25, 0.3) is 22.5 Å². The third-order valence-corrected chi connectivity index (χ3v) is 6.37. The smallest absolute Gasteiger partial charge is 0.173 e. The van der Waals surface area contributed by atoms with Crippen LogP contribution in [0.3, 0.4) is 0 Å². The average Bonchev–Trinajstić information content (AvgIpc) is 3.29. The molecule has 2 heterocycles. The van der Waals surface area contributed by atoms with E-state index in [0.29, 0.717) is 0 Å². The van der Waals surface area contributed by atoms with Gasteiger partial charge < -0.3 is 4.57 Å². The molecule has 1 aliphatic heterocycles. The first-order chi connectivity index (χ1) is 12.1. The summed E-state index contributed by atoms with van der Waals surface area (Å²) in [6.45, 7) is 0. The van der Waals surface area contributed by atoms with Crippen LogP contribution in [0.4, 0.5) is 0 Å². The van der Waals surface area contributed by atoms with Gasteiger partial charge in [0, 0.05) is 23.4 Å². The van der Waals surface area contributed by atoms with Gasteiger partial charge in [0.1, 0.15) is 5.82 Å². The molecule has 0 amide bonds. The van der Waals surface area contributed by atoms with E-state index < -0.39 is 9.84 Å². The summed E-state index contributed by atoms with van der Waals surface area (Å²) in [4.78, 5) is 4.49. The van der Waals surface area contributed by atoms with E-state index in [1.54, 1.807) is 12.3 Å². The highest BCUT2D eigenvalue weighted by Gasteiger charge is 2.25. The Morgan fingerprint density at radius 1 is 1.04 bits per heavy atom. The molecule has 0 bridgehead atoms. The lowest BCUT2D eigenvalue weighted by molar-refractivity contribution is 0.593. The van der Waals surface area contributed by atoms with E-state index >= 15 is 0 Å². The number of allylic oxidation sites excluding steroid dienone is 1. The molecule has 1 unspecified atom stereocenters. The van der Waals surface area contributed by atoms with E-state index in [9.17, 15) is 8.42 Å². The Balaban J connectivity index is 1.56. The summed E-state index contributed by atoms with van der Waals surface area (Å²) < 4.78 is 25.4. The van der Waals surface area contributed by atoms with E-state index in [1.807, 2.05) is 10.8 Å². The Morgan fingerprint density at radius 2 is 1.88 bits per heavy atom. The second-order valence-electron chi connectivity index (χ2n) is 6.59. The van der Waals surface area contributed by atoms with Gasteiger partial charge in [0.25, 0.3) is 0 Å². The molecular formula is C20H16N2O2S. The summed E-state index contributed by atoms with van der Waals surface area (Å²) in [5.74, 6) is 0.915. The van der Waals surface area contributed by atoms with E-state index in [4.69, 9.17) is 0 Å². The number of hydrogen-bond acceptors (Lipinski definition) is 3. The number of imidazole rings is 1. The normalized spacial score (nSPS) is 19.8. The van der Waals surface area contributed by atoms with E-state index in [-0.39, 0.29) is 11.8 Å². The predicted molar refractivity (Wildman–Crippen MR) is 97.9 cm³/mol. The van der Waals surface area contributed by atoms with Gasteiger partial charge >= 0.3 is 0 Å². The van der Waals surface area contributed by atoms with Gasteiger partial charge in [-0.15, -0.1) is 0 Å². The first-order valence-corrected chi connectivity index (χ1v) is 9.98. The van der Waals surface area contributed by atoms with Gasteiger partial charge in [0.15, 0.2) is 9.84 Å². The fourth-order valence-electron chi connectivity index (χ4n) is 3.82. The van der Waals surface area contributed by atoms with Crippen LogP contribution in [0.1, 0.15) is 17.2 Å². The third-order valence-electron chi connectivity index (χ3n) is 4.99. The quantitative estimate of drug-likeness (QED) is 0.556. The molecule has 4 nitrogen and oxygen atoms in total. The van der Waals surface area contributed by atoms with Crippen molar-refractivity contribution in [1.29, 1.82) is 0 Å². The summed E-state index contributed by atoms with van der Waals surface area (Å²) in [6, 6.07) is 14.7. The SMILES string of the molecule is O=S1(=O)C=CC(n2ccnc2-c2ccc3c(c2)Cc2ccccc2-3)C1. The van der Waals surface area contributed by atoms with Crippen molar-refractivity contribution in [2.24, 2.45) is 0 Å². The highest BCUT2D eigenvalue weighted by atomic mass is 32.2. The largest absolute Gasteiger partial charge is 0.323 e. The zero-order valence-electron chi connectivity index (χ0n) is 13.5. The highest BCUT2D eigenvalue weighted by Crippen LogP contribution is 2.38. The van der Waals surface area contributed by atoms with Crippen LogP contribution in [-0.4, -0.2) is 23.7 Å². The van der Waals surface area contributed by atoms with Crippen LogP contribution in [0, 0.1) is 0 Å². The van der Waals surface area contributed by atoms with Crippen molar-refractivity contribution in [3.63, 3.8) is 0 Å². The van der Waals surface area contributed by atoms with E-state index in [0.717, 1.165) is 17.8 Å². The van der Waals surface area contributed by atoms with E-state index in [1.165, 1.54) is 27.7 Å². The fraction of sp³-hybridized carbons (Fsp3) is 0.150. The lowest BCUT2D eigenvalue weighted by atomic mass is 10.0. The summed E-state index contributed by atoms with van der Waals surface area (Å²) in [6.07, 6.45) is 6.25. The van der Waals surface area contributed by atoms with Crippen LogP contribution < -0.4 is 0 Å². The summed E-state index contributed by atoms with van der Waals surface area (Å²) >= 11 is 0. The first-order valence-electron chi connectivity index (χ1n) is 8.26. The predicted octanol–water partition coefficient (Wildman–Crippen LogP) is 3.60. The molecular weight excluding hydrogens is 332 g/mol. The lowest BCUT2D eigenvalue weighted by Gasteiger charge is -2.13. The molecule has 3 aromatic rings. The molecule has 1 atom stereocenters. The minimum Gasteiger partial charge on any atom is -0.323 e. The van der Waals surface area contributed by atoms with Gasteiger partial charge in [-0.1, -0.05) is 36.4 Å². The molecule has 25 heavy (non-hydrogen) atoms. The second-order valence-corrected chi connectivity index (χ2v) is 8.52. The molecule has 0 saturated heterocycles. The highest BCUT2D eigenvalue weighted by molar-refractivity contribution is 7.94. The average molecular weight is 348 g/mol. The van der Waals surface area contributed by atoms with Crippen LogP contribution in [0.5, 0.6) is 0 Å². The second kappa shape index (κ2) is 5.17. The van der Waals surface area contributed by atoms with Crippen LogP contribution in [0.15, 0.2) is 66.3 Å². The Hall–Kier alpha value is -2.66. The summed E-state index contributed by atoms with van der Waals surface area (Å²) in [5, 5.41) is 1.31. The van der Waals surface area contributed by atoms with Gasteiger partial charge in [-0.2, -0.15) is 0 Å². The molecule has 0 radical (unpaired) electrons. The first kappa shape index (κ1) is 14.7. The van der Waals surface area contributed by atoms with Crippen molar-refractivity contribution in [3.05, 3.63) is 77.5 Å². The molecule has 2 aromatic carbocycles. The number of aromatic nitrogens is 2. The van der Waals surface area contributed by atoms with Crippen LogP contribution >= 0.6 is 0 Å². The van der Waals surface area contributed by atoms with E-state index in [2.05, 4.69) is 47.4 Å². The van der Waals surface area contributed by atoms with Crippen molar-refractivity contribution in [2.75, 3.05) is 5.75 Å². The molecule has 5 heteroatoms. The molecule has 5 rings (SSSR count). The molecule has 1 aromatic heterocycles. The Bertz CT molecular complexity index is 1130. The molecule has 0 spiro atoms. The number of sulfone groups is 1. The maximum absolute atomic E-state index is 11.7. The summed E-state index contributed by atoms with van der Waals surface area (Å²) in [5.41, 5.74) is 6.25. The van der Waals surface area contributed by atoms with Crippen molar-refractivity contribution in [3.8, 4) is 22.5 Å². The van der Waals surface area contributed by atoms with Gasteiger partial charge in [-0.3, -0.25) is 0 Å². The van der Waals surface area contributed by atoms with Gasteiger partial charge in [0.05, 0.1) is 11.8 Å². The standard InChI is InChI=1S/C20H16N2O2S/c23-25(24)10-7-17(13-25)22-9-8-21-20(22)15-5-6-19-16(12-15)11-14-3-1-2-4-18(14)19/h1-10,12,17H,11,13H2. The molecule has 0 fully saturated rings. The number of benzene rings is 2. The maximum Gasteiger partial charge on any atom is 0.173 e. The number of hydrogen-bond donors (Lipinski definition) is 0. The number of rotatable bonds is 2. The van der Waals surface area contributed by atoms with Gasteiger partial charge in [-0.05, 0) is 40.8 Å². The molecule has 0 N–H and O–H groups in total. The minimum absolute atomic E-state index is 0.104. The van der Waals surface area contributed by atoms with Crippen molar-refractivity contribution in [1.82, 2.24) is 9.55 Å². The Morgan fingerprint density at radius 3 is 2.72 bits per heavy atom. The van der Waals surface area contributed by atoms with Crippen molar-refractivity contribution in [2.45, 2.75) is 12.5 Å². The van der Waals surface area contributed by atoms with Crippen molar-refractivity contribution < 1.29 is 8.42 Å². The minimum atomic E-state index is -3.10. The lowest BCUT2D eigenvalue weighted by Crippen LogP contribution is -2.12. The summed E-state index contributed by atoms with van der Waals surface area (Å²) in [7, 11) is -3.10. The zero-order chi connectivity index (χ0) is 17.0. The maximum atomic E-state index is 11.7. The Labute approximate surface area is 146 Å². The third kappa shape index (κ3) is 2.35. The Kier molecular flexibility index (Phi) is 3.03. The monoisotopic (exact) mass is 348 g/mol. The topological polar surface area (TPSA) is 52.0 Å². The zero-order valence-corrected chi connectivity index (χ0v) is 14.3. The molecule has 1 aliphatic carbocycles. The van der Waals surface area contributed by atoms with Gasteiger partial charge in [0.2, 0.25) is 0 Å². The van der Waals surface area contributed by atoms with Crippen LogP contribution in [-0.2, 0) is 16.3 Å². The number of nitrogens with zero attached hydrogens (tertiary/aromatic N) is 2. The molecule has 0 saturated carbocycles. The molecule has 2 aliphatic rings. The van der Waals surface area contributed by atoms with Crippen molar-refractivity contribution >= 4 is 9.84 Å².